The molecule has 106 valence electrons. The molecule has 0 radical (unpaired) electrons. The van der Waals surface area contributed by atoms with E-state index in [1.54, 1.807) is 0 Å². The van der Waals surface area contributed by atoms with Gasteiger partial charge in [-0.3, -0.25) is 0 Å². The number of hydrogen-bond acceptors (Lipinski definition) is 3. The molecule has 0 aromatic rings. The van der Waals surface area contributed by atoms with Crippen LogP contribution in [0.25, 0.3) is 0 Å². The smallest absolute Gasteiger partial charge is 0.00922 e. The number of rotatable bonds is 7. The van der Waals surface area contributed by atoms with Gasteiger partial charge in [0.05, 0.1) is 0 Å². The Labute approximate surface area is 117 Å². The summed E-state index contributed by atoms with van der Waals surface area (Å²) >= 11 is 2.12. The van der Waals surface area contributed by atoms with Crippen LogP contribution in [0, 0.1) is 5.92 Å². The molecule has 1 aliphatic heterocycles. The van der Waals surface area contributed by atoms with Gasteiger partial charge in [-0.05, 0) is 69.8 Å². The number of thioether (sulfide) groups is 1. The summed E-state index contributed by atoms with van der Waals surface area (Å²) in [5, 5.41) is 3.65. The Morgan fingerprint density at radius 2 is 2.00 bits per heavy atom. The first kappa shape index (κ1) is 14.7. The van der Waals surface area contributed by atoms with E-state index in [0.29, 0.717) is 0 Å². The second-order valence-electron chi connectivity index (χ2n) is 6.06. The van der Waals surface area contributed by atoms with E-state index < -0.39 is 0 Å². The minimum Gasteiger partial charge on any atom is -0.316 e. The topological polar surface area (TPSA) is 15.3 Å². The van der Waals surface area contributed by atoms with E-state index in [-0.39, 0.29) is 0 Å². The highest BCUT2D eigenvalue weighted by atomic mass is 32.2. The average Bonchev–Trinajstić information content (AvgIpc) is 2.92. The van der Waals surface area contributed by atoms with Crippen molar-refractivity contribution in [2.75, 3.05) is 38.2 Å². The van der Waals surface area contributed by atoms with Crippen molar-refractivity contribution in [2.24, 2.45) is 5.92 Å². The van der Waals surface area contributed by atoms with E-state index in [9.17, 15) is 0 Å². The Kier molecular flexibility index (Phi) is 6.88. The molecule has 2 aliphatic rings. The maximum atomic E-state index is 3.65. The Bertz CT molecular complexity index is 211. The van der Waals surface area contributed by atoms with E-state index in [1.165, 1.54) is 76.1 Å². The van der Waals surface area contributed by atoms with Gasteiger partial charge in [0.2, 0.25) is 0 Å². The molecular weight excluding hydrogens is 240 g/mol. The molecule has 0 aromatic carbocycles. The monoisotopic (exact) mass is 270 g/mol. The van der Waals surface area contributed by atoms with Crippen LogP contribution in [0.2, 0.25) is 0 Å². The van der Waals surface area contributed by atoms with Gasteiger partial charge in [-0.25, -0.2) is 0 Å². The third kappa shape index (κ3) is 5.10. The molecule has 1 saturated carbocycles. The van der Waals surface area contributed by atoms with Crippen LogP contribution in [-0.2, 0) is 0 Å². The van der Waals surface area contributed by atoms with Crippen molar-refractivity contribution in [3.8, 4) is 0 Å². The van der Waals surface area contributed by atoms with E-state index in [4.69, 9.17) is 0 Å². The highest BCUT2D eigenvalue weighted by molar-refractivity contribution is 7.99. The molecular formula is C15H30N2S. The molecule has 0 bridgehead atoms. The van der Waals surface area contributed by atoms with Crippen molar-refractivity contribution in [3.05, 3.63) is 0 Å². The van der Waals surface area contributed by atoms with Crippen molar-refractivity contribution < 1.29 is 0 Å². The molecule has 1 N–H and O–H groups in total. The SMILES string of the molecule is CN(CCCNCC1CCSC1)C1CCCCC1. The molecule has 1 unspecified atom stereocenters. The molecule has 0 aromatic heterocycles. The molecule has 1 heterocycles. The van der Waals surface area contributed by atoms with Gasteiger partial charge in [-0.2, -0.15) is 11.8 Å². The molecule has 0 amide bonds. The van der Waals surface area contributed by atoms with Crippen molar-refractivity contribution in [1.82, 2.24) is 10.2 Å². The lowest BCUT2D eigenvalue weighted by Gasteiger charge is -2.31. The zero-order valence-corrected chi connectivity index (χ0v) is 12.8. The summed E-state index contributed by atoms with van der Waals surface area (Å²) in [4.78, 5) is 2.60. The molecule has 1 atom stereocenters. The van der Waals surface area contributed by atoms with E-state index in [2.05, 4.69) is 29.0 Å². The second-order valence-corrected chi connectivity index (χ2v) is 7.21. The van der Waals surface area contributed by atoms with E-state index in [1.807, 2.05) is 0 Å². The van der Waals surface area contributed by atoms with Gasteiger partial charge in [-0.1, -0.05) is 19.3 Å². The zero-order chi connectivity index (χ0) is 12.6. The third-order valence-electron chi connectivity index (χ3n) is 4.52. The van der Waals surface area contributed by atoms with Crippen molar-refractivity contribution in [3.63, 3.8) is 0 Å². The predicted molar refractivity (Wildman–Crippen MR) is 82.4 cm³/mol. The van der Waals surface area contributed by atoms with E-state index in [0.717, 1.165) is 12.0 Å². The van der Waals surface area contributed by atoms with Crippen LogP contribution in [0.5, 0.6) is 0 Å². The van der Waals surface area contributed by atoms with Gasteiger partial charge >= 0.3 is 0 Å². The number of hydrogen-bond donors (Lipinski definition) is 1. The highest BCUT2D eigenvalue weighted by Gasteiger charge is 2.17. The Morgan fingerprint density at radius 1 is 1.17 bits per heavy atom. The largest absolute Gasteiger partial charge is 0.316 e. The molecule has 1 saturated heterocycles. The lowest BCUT2D eigenvalue weighted by atomic mass is 9.94. The van der Waals surface area contributed by atoms with Gasteiger partial charge in [0.15, 0.2) is 0 Å². The fourth-order valence-electron chi connectivity index (χ4n) is 3.21. The average molecular weight is 270 g/mol. The first-order valence-electron chi connectivity index (χ1n) is 7.85. The lowest BCUT2D eigenvalue weighted by Crippen LogP contribution is -2.35. The molecule has 2 nitrogen and oxygen atoms in total. The Morgan fingerprint density at radius 3 is 2.72 bits per heavy atom. The summed E-state index contributed by atoms with van der Waals surface area (Å²) in [6.45, 7) is 3.73. The summed E-state index contributed by atoms with van der Waals surface area (Å²) in [5.41, 5.74) is 0. The van der Waals surface area contributed by atoms with Gasteiger partial charge in [-0.15, -0.1) is 0 Å². The highest BCUT2D eigenvalue weighted by Crippen LogP contribution is 2.23. The number of nitrogens with zero attached hydrogens (tertiary/aromatic N) is 1. The van der Waals surface area contributed by atoms with Gasteiger partial charge in [0.25, 0.3) is 0 Å². The normalized spacial score (nSPS) is 26.0. The van der Waals surface area contributed by atoms with Crippen molar-refractivity contribution >= 4 is 11.8 Å². The molecule has 0 spiro atoms. The summed E-state index contributed by atoms with van der Waals surface area (Å²) in [6, 6.07) is 0.880. The van der Waals surface area contributed by atoms with E-state index >= 15 is 0 Å². The predicted octanol–water partition coefficient (Wildman–Crippen LogP) is 2.98. The first-order valence-corrected chi connectivity index (χ1v) is 9.00. The summed E-state index contributed by atoms with van der Waals surface area (Å²) in [5.74, 6) is 3.72. The van der Waals surface area contributed by atoms with Crippen molar-refractivity contribution in [1.29, 1.82) is 0 Å². The van der Waals surface area contributed by atoms with Crippen LogP contribution in [0.4, 0.5) is 0 Å². The molecule has 1 aliphatic carbocycles. The molecule has 18 heavy (non-hydrogen) atoms. The zero-order valence-electron chi connectivity index (χ0n) is 12.0. The van der Waals surface area contributed by atoms with Crippen LogP contribution in [0.15, 0.2) is 0 Å². The summed E-state index contributed by atoms with van der Waals surface area (Å²) in [6.07, 6.45) is 9.98. The van der Waals surface area contributed by atoms with Gasteiger partial charge in [0, 0.05) is 6.04 Å². The molecule has 2 rings (SSSR count). The van der Waals surface area contributed by atoms with Gasteiger partial charge in [0.1, 0.15) is 0 Å². The van der Waals surface area contributed by atoms with Crippen LogP contribution in [-0.4, -0.2) is 49.1 Å². The number of nitrogens with one attached hydrogen (secondary N) is 1. The van der Waals surface area contributed by atoms with Crippen LogP contribution < -0.4 is 5.32 Å². The Hall–Kier alpha value is 0.270. The van der Waals surface area contributed by atoms with Gasteiger partial charge < -0.3 is 10.2 Å². The van der Waals surface area contributed by atoms with Crippen LogP contribution >= 0.6 is 11.8 Å². The summed E-state index contributed by atoms with van der Waals surface area (Å²) in [7, 11) is 2.32. The standard InChI is InChI=1S/C15H30N2S/c1-17(15-6-3-2-4-7-15)10-5-9-16-12-14-8-11-18-13-14/h14-16H,2-13H2,1H3. The maximum absolute atomic E-state index is 3.65. The second kappa shape index (κ2) is 8.44. The van der Waals surface area contributed by atoms with Crippen LogP contribution in [0.1, 0.15) is 44.9 Å². The minimum absolute atomic E-state index is 0.880. The third-order valence-corrected chi connectivity index (χ3v) is 5.75. The lowest BCUT2D eigenvalue weighted by molar-refractivity contribution is 0.189. The minimum atomic E-state index is 0.880. The molecule has 2 fully saturated rings. The van der Waals surface area contributed by atoms with Crippen molar-refractivity contribution in [2.45, 2.75) is 51.0 Å². The molecule has 3 heteroatoms. The van der Waals surface area contributed by atoms with Crippen LogP contribution in [0.3, 0.4) is 0 Å². The summed E-state index contributed by atoms with van der Waals surface area (Å²) < 4.78 is 0. The Balaban J connectivity index is 1.46. The first-order chi connectivity index (χ1) is 8.86. The quantitative estimate of drug-likeness (QED) is 0.716. The fraction of sp³-hybridized carbons (Fsp3) is 1.00. The maximum Gasteiger partial charge on any atom is 0.00922 e. The fourth-order valence-corrected chi connectivity index (χ4v) is 4.49.